The van der Waals surface area contributed by atoms with Gasteiger partial charge in [-0.1, -0.05) is 65.3 Å². The monoisotopic (exact) mass is 1160 g/mol. The van der Waals surface area contributed by atoms with Gasteiger partial charge in [0.2, 0.25) is 0 Å². The molecular weight excluding hydrogens is 1070 g/mol. The van der Waals surface area contributed by atoms with Crippen molar-refractivity contribution in [2.24, 2.45) is 50.2 Å². The van der Waals surface area contributed by atoms with E-state index in [4.69, 9.17) is 37.9 Å². The lowest BCUT2D eigenvalue weighted by molar-refractivity contribution is -0.387. The summed E-state index contributed by atoms with van der Waals surface area (Å²) < 4.78 is 48.8. The maximum absolute atomic E-state index is 13.9. The van der Waals surface area contributed by atoms with Crippen molar-refractivity contribution in [3.8, 4) is 0 Å². The largest absolute Gasteiger partial charge is 0.479 e. The van der Waals surface area contributed by atoms with Crippen LogP contribution < -0.4 is 0 Å². The second-order valence-corrected chi connectivity index (χ2v) is 25.9. The zero-order valence-electron chi connectivity index (χ0n) is 47.8. The standard InChI is InChI=1S/C57H88O24/c1-11-24(3)47(72)80-44-45(81-48(73)25(4)12-2)57(23-61)27(19-52(44,5)6)26-13-14-31-53(7)17-16-32(54(8,22-60)30(53)15-18-55(31,9)56(26,10)42(68)43(57)69)76-51-41(79-50-37(66)35(64)33(62)28(20-58)74-50)39(38(67)40(78-51)46(70)71)77-49-36(65)34(63)29(21-59)75-49/h11-13,27-45,49-51,58-69H,14-23H2,1-10H3,(H,70,71)/b24-11-,25-12-/t27?,28?,29?,30?,31?,32-,33+,34?,35?,36?,37?,38-,39?,40?,41?,42-,43+,44-,45-,49?,50-,51+,53-,54+,55+,56-,57-/m0/s1. The van der Waals surface area contributed by atoms with Crippen molar-refractivity contribution in [2.75, 3.05) is 26.4 Å². The maximum Gasteiger partial charge on any atom is 0.335 e. The van der Waals surface area contributed by atoms with Gasteiger partial charge in [0.05, 0.1) is 50.2 Å². The Morgan fingerprint density at radius 2 is 1.17 bits per heavy atom. The molecule has 13 N–H and O–H groups in total. The van der Waals surface area contributed by atoms with Crippen molar-refractivity contribution in [1.29, 1.82) is 0 Å². The molecule has 27 atom stereocenters. The third kappa shape index (κ3) is 9.98. The highest BCUT2D eigenvalue weighted by atomic mass is 16.8. The molecule has 0 aromatic carbocycles. The van der Waals surface area contributed by atoms with Gasteiger partial charge in [-0.2, -0.15) is 0 Å². The van der Waals surface area contributed by atoms with Crippen LogP contribution in [0.2, 0.25) is 0 Å². The average Bonchev–Trinajstić information content (AvgIpc) is 1.99. The van der Waals surface area contributed by atoms with Gasteiger partial charge in [-0.25, -0.2) is 14.4 Å². The molecule has 3 aliphatic heterocycles. The molecule has 7 fully saturated rings. The molecule has 8 rings (SSSR count). The highest BCUT2D eigenvalue weighted by Gasteiger charge is 2.77. The highest BCUT2D eigenvalue weighted by Crippen LogP contribution is 2.76. The van der Waals surface area contributed by atoms with Crippen LogP contribution in [0.15, 0.2) is 34.9 Å². The molecule has 8 aliphatic rings. The maximum atomic E-state index is 13.9. The fraction of sp³-hybridized carbons (Fsp3) is 0.842. The van der Waals surface area contributed by atoms with Gasteiger partial charge in [-0.3, -0.25) is 0 Å². The predicted molar refractivity (Wildman–Crippen MR) is 278 cm³/mol. The van der Waals surface area contributed by atoms with Crippen LogP contribution in [-0.4, -0.2) is 227 Å². The van der Waals surface area contributed by atoms with Crippen molar-refractivity contribution in [2.45, 2.75) is 224 Å². The number of rotatable bonds is 15. The Morgan fingerprint density at radius 3 is 1.70 bits per heavy atom. The van der Waals surface area contributed by atoms with Gasteiger partial charge < -0.3 is 104 Å². The molecule has 460 valence electrons. The molecule has 13 unspecified atom stereocenters. The fourth-order valence-corrected chi connectivity index (χ4v) is 16.2. The van der Waals surface area contributed by atoms with Crippen molar-refractivity contribution >= 4 is 17.9 Å². The minimum absolute atomic E-state index is 0.165. The molecule has 24 nitrogen and oxygen atoms in total. The van der Waals surface area contributed by atoms with E-state index in [1.165, 1.54) is 0 Å². The number of carbonyl (C=O) groups is 3. The van der Waals surface area contributed by atoms with Gasteiger partial charge in [-0.05, 0) is 94.8 Å². The van der Waals surface area contributed by atoms with Gasteiger partial charge in [0, 0.05) is 27.4 Å². The zero-order valence-corrected chi connectivity index (χ0v) is 47.8. The van der Waals surface area contributed by atoms with Crippen LogP contribution in [0.4, 0.5) is 0 Å². The molecule has 81 heavy (non-hydrogen) atoms. The molecule has 0 spiro atoms. The van der Waals surface area contributed by atoms with E-state index in [0.717, 1.165) is 5.57 Å². The Labute approximate surface area is 471 Å². The number of aliphatic hydroxyl groups is 12. The van der Waals surface area contributed by atoms with Gasteiger partial charge in [0.1, 0.15) is 67.1 Å². The summed E-state index contributed by atoms with van der Waals surface area (Å²) in [5.74, 6) is -4.48. The minimum atomic E-state index is -2.18. The van der Waals surface area contributed by atoms with Crippen molar-refractivity contribution < 1.29 is 119 Å². The lowest BCUT2D eigenvalue weighted by Crippen LogP contribution is -2.76. The number of hydrogen-bond donors (Lipinski definition) is 13. The summed E-state index contributed by atoms with van der Waals surface area (Å²) in [7, 11) is 0. The second kappa shape index (κ2) is 23.3. The molecule has 3 heterocycles. The molecule has 3 saturated heterocycles. The highest BCUT2D eigenvalue weighted by molar-refractivity contribution is 5.89. The van der Waals surface area contributed by atoms with Crippen molar-refractivity contribution in [3.05, 3.63) is 34.9 Å². The Balaban J connectivity index is 1.15. The molecule has 0 radical (unpaired) electrons. The lowest BCUT2D eigenvalue weighted by atomic mass is 9.32. The van der Waals surface area contributed by atoms with Crippen molar-refractivity contribution in [1.82, 2.24) is 0 Å². The van der Waals surface area contributed by atoms with Crippen LogP contribution in [0, 0.1) is 50.2 Å². The van der Waals surface area contributed by atoms with E-state index in [9.17, 15) is 80.8 Å². The van der Waals surface area contributed by atoms with Crippen LogP contribution in [0.5, 0.6) is 0 Å². The van der Waals surface area contributed by atoms with Gasteiger partial charge in [0.25, 0.3) is 0 Å². The lowest BCUT2D eigenvalue weighted by Gasteiger charge is -2.73. The van der Waals surface area contributed by atoms with E-state index in [1.54, 1.807) is 39.8 Å². The first-order valence-corrected chi connectivity index (χ1v) is 28.3. The number of carbonyl (C=O) groups excluding carboxylic acids is 2. The number of aliphatic carboxylic acids is 1. The molecule has 0 amide bonds. The molecule has 5 aliphatic carbocycles. The minimum Gasteiger partial charge on any atom is -0.479 e. The summed E-state index contributed by atoms with van der Waals surface area (Å²) >= 11 is 0. The van der Waals surface area contributed by atoms with Gasteiger partial charge in [0.15, 0.2) is 31.1 Å². The number of fused-ring (bicyclic) bond motifs is 7. The second-order valence-electron chi connectivity index (χ2n) is 25.9. The van der Waals surface area contributed by atoms with E-state index in [1.807, 2.05) is 27.7 Å². The summed E-state index contributed by atoms with van der Waals surface area (Å²) in [5.41, 5.74) is -5.25. The van der Waals surface area contributed by atoms with E-state index in [0.29, 0.717) is 31.3 Å². The summed E-state index contributed by atoms with van der Waals surface area (Å²) in [4.78, 5) is 40.4. The Morgan fingerprint density at radius 1 is 0.630 bits per heavy atom. The quantitative estimate of drug-likeness (QED) is 0.0415. The number of carboxylic acid groups (broad SMARTS) is 1. The molecule has 0 aromatic heterocycles. The topological polar surface area (TPSA) is 388 Å². The van der Waals surface area contributed by atoms with Crippen LogP contribution in [-0.2, 0) is 52.3 Å². The summed E-state index contributed by atoms with van der Waals surface area (Å²) in [6, 6.07) is 0. The third-order valence-corrected chi connectivity index (χ3v) is 21.5. The van der Waals surface area contributed by atoms with E-state index >= 15 is 0 Å². The van der Waals surface area contributed by atoms with E-state index < -0.39 is 205 Å². The molecule has 0 bridgehead atoms. The first kappa shape index (κ1) is 63.9. The number of allylic oxidation sites excluding steroid dienone is 3. The Bertz CT molecular complexity index is 2410. The zero-order chi connectivity index (χ0) is 60.0. The van der Waals surface area contributed by atoms with E-state index in [-0.39, 0.29) is 24.3 Å². The van der Waals surface area contributed by atoms with Crippen molar-refractivity contribution in [3.63, 3.8) is 0 Å². The van der Waals surface area contributed by atoms with Crippen LogP contribution in [0.1, 0.15) is 108 Å². The molecule has 0 aromatic rings. The van der Waals surface area contributed by atoms with Crippen LogP contribution >= 0.6 is 0 Å². The predicted octanol–water partition coefficient (Wildman–Crippen LogP) is -0.765. The third-order valence-electron chi connectivity index (χ3n) is 21.5. The number of ether oxygens (including phenoxy) is 8. The van der Waals surface area contributed by atoms with E-state index in [2.05, 4.69) is 19.9 Å². The number of aliphatic hydroxyl groups excluding tert-OH is 12. The van der Waals surface area contributed by atoms with Crippen LogP contribution in [0.25, 0.3) is 0 Å². The summed E-state index contributed by atoms with van der Waals surface area (Å²) in [6.45, 7) is 15.3. The SMILES string of the molecule is C/C=C(/C)C(=O)O[C@H]1[C@H](OC(=O)/C(C)=C\C)[C@@]2(CO)C(CC1(C)C)C1=CCC3[C@@]4(C)CC[C@H](O[C@@H]5OC(C(=O)O)[C@@H](O)C(OC6OC(CO)C(O)C6O)C5O[C@@H]5OC(CO)[C@@H](O)C(O)C5O)[C@](C)(CO)C4CC[C@@]3(C)[C@]1(C)[C@@H](O)[C@H]2O. The van der Waals surface area contributed by atoms with Crippen LogP contribution in [0.3, 0.4) is 0 Å². The average molecular weight is 1160 g/mol. The number of esters is 2. The first-order valence-electron chi connectivity index (χ1n) is 28.3. The fourth-order valence-electron chi connectivity index (χ4n) is 16.2. The molecule has 24 heteroatoms. The summed E-state index contributed by atoms with van der Waals surface area (Å²) in [5, 5.41) is 146. The Kier molecular flexibility index (Phi) is 18.4. The normalized spacial score (nSPS) is 49.8. The Hall–Kier alpha value is -3.09. The molecular formula is C57H88O24. The van der Waals surface area contributed by atoms with Gasteiger partial charge >= 0.3 is 17.9 Å². The first-order chi connectivity index (χ1) is 37.9. The summed E-state index contributed by atoms with van der Waals surface area (Å²) in [6.07, 6.45) is -25.7. The smallest absolute Gasteiger partial charge is 0.335 e. The van der Waals surface area contributed by atoms with Gasteiger partial charge in [-0.15, -0.1) is 0 Å². The number of hydrogen-bond acceptors (Lipinski definition) is 23. The number of carboxylic acids is 1. The molecule has 4 saturated carbocycles.